The fraction of sp³-hybridized carbons (Fsp3) is 0.562. The molecule has 0 aromatic carbocycles. The van der Waals surface area contributed by atoms with E-state index in [9.17, 15) is 4.79 Å². The smallest absolute Gasteiger partial charge is 0.257 e. The zero-order valence-electron chi connectivity index (χ0n) is 13.3. The molecule has 2 aliphatic heterocycles. The Morgan fingerprint density at radius 1 is 1.35 bits per heavy atom. The van der Waals surface area contributed by atoms with Crippen LogP contribution in [-0.2, 0) is 0 Å². The summed E-state index contributed by atoms with van der Waals surface area (Å²) in [5.41, 5.74) is 1.87. The first-order valence-electron chi connectivity index (χ1n) is 8.18. The summed E-state index contributed by atoms with van der Waals surface area (Å²) in [6.45, 7) is 7.70. The minimum atomic E-state index is 0.0534. The van der Waals surface area contributed by atoms with Crippen LogP contribution in [0.4, 0.5) is 0 Å². The Morgan fingerprint density at radius 3 is 3.00 bits per heavy atom. The zero-order valence-corrected chi connectivity index (χ0v) is 13.3. The van der Waals surface area contributed by atoms with E-state index >= 15 is 0 Å². The summed E-state index contributed by atoms with van der Waals surface area (Å²) in [5.74, 6) is 0.0534. The van der Waals surface area contributed by atoms with Crippen LogP contribution < -0.4 is 5.32 Å². The molecular weight excluding hydrogens is 294 g/mol. The number of carbonyl (C=O) groups excluding carboxylic acids is 1. The van der Waals surface area contributed by atoms with E-state index in [2.05, 4.69) is 20.4 Å². The number of nitrogens with one attached hydrogen (secondary N) is 1. The number of piperazine rings is 1. The fourth-order valence-corrected chi connectivity index (χ4v) is 3.52. The summed E-state index contributed by atoms with van der Waals surface area (Å²) in [5, 5.41) is 8.08. The van der Waals surface area contributed by atoms with Crippen LogP contribution in [0.5, 0.6) is 0 Å². The number of nitrogens with zero attached hydrogens (tertiary/aromatic N) is 4. The predicted molar refractivity (Wildman–Crippen MR) is 85.3 cm³/mol. The van der Waals surface area contributed by atoms with Crippen LogP contribution in [0.1, 0.15) is 22.5 Å². The molecule has 2 fully saturated rings. The van der Waals surface area contributed by atoms with Crippen LogP contribution in [0.15, 0.2) is 16.8 Å². The molecule has 23 heavy (non-hydrogen) atoms. The Kier molecular flexibility index (Phi) is 3.74. The quantitative estimate of drug-likeness (QED) is 0.877. The average molecular weight is 315 g/mol. The lowest BCUT2D eigenvalue weighted by atomic mass is 10.2. The first-order chi connectivity index (χ1) is 11.2. The third kappa shape index (κ3) is 2.70. The van der Waals surface area contributed by atoms with Gasteiger partial charge in [-0.3, -0.25) is 9.69 Å². The Labute approximate surface area is 134 Å². The summed E-state index contributed by atoms with van der Waals surface area (Å²) in [4.78, 5) is 21.4. The van der Waals surface area contributed by atoms with Crippen LogP contribution in [0, 0.1) is 6.92 Å². The number of aryl methyl sites for hydroxylation is 1. The molecule has 1 atom stereocenters. The van der Waals surface area contributed by atoms with Crippen molar-refractivity contribution in [3.63, 3.8) is 0 Å². The van der Waals surface area contributed by atoms with Crippen LogP contribution in [0.25, 0.3) is 11.1 Å². The second-order valence-corrected chi connectivity index (χ2v) is 6.32. The molecule has 0 aliphatic carbocycles. The van der Waals surface area contributed by atoms with Gasteiger partial charge in [0.25, 0.3) is 11.6 Å². The van der Waals surface area contributed by atoms with Crippen molar-refractivity contribution in [2.45, 2.75) is 19.4 Å². The van der Waals surface area contributed by atoms with Crippen molar-refractivity contribution in [1.29, 1.82) is 0 Å². The van der Waals surface area contributed by atoms with Gasteiger partial charge >= 0.3 is 0 Å². The predicted octanol–water partition coefficient (Wildman–Crippen LogP) is 0.651. The molecule has 7 heteroatoms. The summed E-state index contributed by atoms with van der Waals surface area (Å²) in [6.07, 6.45) is 2.64. The van der Waals surface area contributed by atoms with Crippen molar-refractivity contribution >= 4 is 17.0 Å². The molecule has 2 aromatic rings. The highest BCUT2D eigenvalue weighted by Crippen LogP contribution is 2.21. The fourth-order valence-electron chi connectivity index (χ4n) is 3.52. The highest BCUT2D eigenvalue weighted by Gasteiger charge is 2.31. The van der Waals surface area contributed by atoms with Crippen molar-refractivity contribution in [1.82, 2.24) is 25.3 Å². The summed E-state index contributed by atoms with van der Waals surface area (Å²) in [6, 6.07) is 2.32. The van der Waals surface area contributed by atoms with Crippen LogP contribution >= 0.6 is 0 Å². The average Bonchev–Trinajstić information content (AvgIpc) is 3.22. The number of likely N-dealkylation sites (tertiary alicyclic amines) is 1. The number of pyridine rings is 1. The van der Waals surface area contributed by atoms with E-state index in [-0.39, 0.29) is 5.91 Å². The minimum absolute atomic E-state index is 0.0534. The minimum Gasteiger partial charge on any atom is -0.337 e. The number of hydrogen-bond acceptors (Lipinski definition) is 6. The lowest BCUT2D eigenvalue weighted by Crippen LogP contribution is -2.49. The van der Waals surface area contributed by atoms with E-state index in [1.165, 1.54) is 0 Å². The zero-order chi connectivity index (χ0) is 15.8. The monoisotopic (exact) mass is 315 g/mol. The van der Waals surface area contributed by atoms with Crippen molar-refractivity contribution in [2.24, 2.45) is 0 Å². The molecule has 0 spiro atoms. The SMILES string of the molecule is Cc1noc2ncc(C(=O)N3CCC(N4CCNCC4)C3)cc12. The highest BCUT2D eigenvalue weighted by atomic mass is 16.5. The van der Waals surface area contributed by atoms with Crippen LogP contribution in [0.3, 0.4) is 0 Å². The standard InChI is InChI=1S/C16H21N5O2/c1-11-14-8-12(9-18-15(14)23-19-11)16(22)21-5-2-13(10-21)20-6-3-17-4-7-20/h8-9,13,17H,2-7,10H2,1H3. The van der Waals surface area contributed by atoms with Gasteiger partial charge in [0.1, 0.15) is 0 Å². The van der Waals surface area contributed by atoms with E-state index in [1.807, 2.05) is 17.9 Å². The number of rotatable bonds is 2. The van der Waals surface area contributed by atoms with Crippen molar-refractivity contribution in [3.8, 4) is 0 Å². The molecule has 2 saturated heterocycles. The topological polar surface area (TPSA) is 74.5 Å². The normalized spacial score (nSPS) is 22.8. The van der Waals surface area contributed by atoms with Gasteiger partial charge in [0.2, 0.25) is 0 Å². The van der Waals surface area contributed by atoms with Gasteiger partial charge in [-0.25, -0.2) is 4.98 Å². The molecule has 0 bridgehead atoms. The molecule has 1 unspecified atom stereocenters. The first kappa shape index (κ1) is 14.6. The van der Waals surface area contributed by atoms with Crippen molar-refractivity contribution < 1.29 is 9.32 Å². The van der Waals surface area contributed by atoms with Crippen molar-refractivity contribution in [2.75, 3.05) is 39.3 Å². The molecule has 4 heterocycles. The van der Waals surface area contributed by atoms with Gasteiger partial charge in [-0.2, -0.15) is 0 Å². The number of aromatic nitrogens is 2. The molecular formula is C16H21N5O2. The third-order valence-corrected chi connectivity index (χ3v) is 4.88. The number of hydrogen-bond donors (Lipinski definition) is 1. The maximum absolute atomic E-state index is 12.8. The summed E-state index contributed by atoms with van der Waals surface area (Å²) < 4.78 is 5.11. The van der Waals surface area contributed by atoms with Gasteiger partial charge in [0.15, 0.2) is 0 Å². The lowest BCUT2D eigenvalue weighted by Gasteiger charge is -2.32. The molecule has 1 N–H and O–H groups in total. The maximum Gasteiger partial charge on any atom is 0.257 e. The van der Waals surface area contributed by atoms with E-state index in [0.717, 1.165) is 56.8 Å². The van der Waals surface area contributed by atoms with Gasteiger partial charge < -0.3 is 14.7 Å². The van der Waals surface area contributed by atoms with Gasteiger partial charge in [-0.1, -0.05) is 5.16 Å². The van der Waals surface area contributed by atoms with Crippen LogP contribution in [-0.4, -0.2) is 71.2 Å². The number of fused-ring (bicyclic) bond motifs is 1. The highest BCUT2D eigenvalue weighted by molar-refractivity contribution is 5.97. The largest absolute Gasteiger partial charge is 0.337 e. The van der Waals surface area contributed by atoms with E-state index in [1.54, 1.807) is 6.20 Å². The molecule has 122 valence electrons. The summed E-state index contributed by atoms with van der Waals surface area (Å²) in [7, 11) is 0. The van der Waals surface area contributed by atoms with Gasteiger partial charge in [-0.15, -0.1) is 0 Å². The van der Waals surface area contributed by atoms with Gasteiger partial charge in [0.05, 0.1) is 16.6 Å². The maximum atomic E-state index is 12.8. The van der Waals surface area contributed by atoms with Crippen molar-refractivity contribution in [3.05, 3.63) is 23.5 Å². The molecule has 2 aliphatic rings. The molecule has 0 radical (unpaired) electrons. The number of amides is 1. The van der Waals surface area contributed by atoms with E-state index in [0.29, 0.717) is 17.3 Å². The van der Waals surface area contributed by atoms with Gasteiger partial charge in [-0.05, 0) is 19.4 Å². The Morgan fingerprint density at radius 2 is 2.17 bits per heavy atom. The first-order valence-corrected chi connectivity index (χ1v) is 8.18. The Hall–Kier alpha value is -1.99. The summed E-state index contributed by atoms with van der Waals surface area (Å²) >= 11 is 0. The van der Waals surface area contributed by atoms with E-state index in [4.69, 9.17) is 4.52 Å². The molecule has 2 aromatic heterocycles. The van der Waals surface area contributed by atoms with E-state index < -0.39 is 0 Å². The molecule has 1 amide bonds. The second-order valence-electron chi connectivity index (χ2n) is 6.32. The Balaban J connectivity index is 1.48. The van der Waals surface area contributed by atoms with Gasteiger partial charge in [0, 0.05) is 51.5 Å². The molecule has 0 saturated carbocycles. The molecule has 7 nitrogen and oxygen atoms in total. The number of carbonyl (C=O) groups is 1. The van der Waals surface area contributed by atoms with Crippen LogP contribution in [0.2, 0.25) is 0 Å². The lowest BCUT2D eigenvalue weighted by molar-refractivity contribution is 0.0773. The third-order valence-electron chi connectivity index (χ3n) is 4.88. The molecule has 4 rings (SSSR count). The Bertz CT molecular complexity index is 722. The second kappa shape index (κ2) is 5.90.